The molecule has 1 aromatic carbocycles. The van der Waals surface area contributed by atoms with E-state index in [1.807, 2.05) is 17.5 Å². The molecule has 4 rings (SSSR count). The molecular formula is C17H17N3O4S2. The van der Waals surface area contributed by atoms with Crippen LogP contribution in [0.2, 0.25) is 0 Å². The fourth-order valence-corrected chi connectivity index (χ4v) is 4.92. The van der Waals surface area contributed by atoms with Gasteiger partial charge in [-0.3, -0.25) is 0 Å². The summed E-state index contributed by atoms with van der Waals surface area (Å²) in [5.41, 5.74) is 0. The van der Waals surface area contributed by atoms with Crippen molar-refractivity contribution in [3.63, 3.8) is 0 Å². The van der Waals surface area contributed by atoms with E-state index in [-0.39, 0.29) is 18.0 Å². The van der Waals surface area contributed by atoms with E-state index in [4.69, 9.17) is 9.26 Å². The summed E-state index contributed by atoms with van der Waals surface area (Å²) in [5, 5.41) is 5.98. The Kier molecular flexibility index (Phi) is 4.86. The van der Waals surface area contributed by atoms with Gasteiger partial charge in [0.2, 0.25) is 10.0 Å². The second kappa shape index (κ2) is 7.28. The van der Waals surface area contributed by atoms with Crippen LogP contribution in [0.4, 0.5) is 0 Å². The standard InChI is InChI=1S/C17H17N3O4S2/c21-26(22,14-6-2-1-3-7-14)20-8-9-23-15(12-20)17-18-16(19-24-17)11-13-5-4-10-25-13/h1-7,10,15H,8-9,11-12H2/t15-/m1/s1. The van der Waals surface area contributed by atoms with Crippen LogP contribution in [0.25, 0.3) is 0 Å². The molecule has 0 aliphatic carbocycles. The smallest absolute Gasteiger partial charge is 0.257 e. The van der Waals surface area contributed by atoms with Crippen LogP contribution < -0.4 is 0 Å². The first-order valence-corrected chi connectivity index (χ1v) is 10.5. The number of aromatic nitrogens is 2. The van der Waals surface area contributed by atoms with Gasteiger partial charge in [-0.15, -0.1) is 11.3 Å². The molecule has 0 spiro atoms. The van der Waals surface area contributed by atoms with Gasteiger partial charge in [0.15, 0.2) is 11.9 Å². The van der Waals surface area contributed by atoms with Gasteiger partial charge in [-0.1, -0.05) is 29.4 Å². The Morgan fingerprint density at radius 1 is 1.19 bits per heavy atom. The molecule has 0 unspecified atom stereocenters. The van der Waals surface area contributed by atoms with Crippen LogP contribution in [0.1, 0.15) is 22.7 Å². The highest BCUT2D eigenvalue weighted by Crippen LogP contribution is 2.26. The van der Waals surface area contributed by atoms with E-state index >= 15 is 0 Å². The van der Waals surface area contributed by atoms with Gasteiger partial charge >= 0.3 is 0 Å². The lowest BCUT2D eigenvalue weighted by atomic mass is 10.3. The van der Waals surface area contributed by atoms with E-state index in [1.165, 1.54) is 4.31 Å². The third kappa shape index (κ3) is 3.56. The summed E-state index contributed by atoms with van der Waals surface area (Å²) in [4.78, 5) is 5.78. The largest absolute Gasteiger partial charge is 0.366 e. The first-order valence-electron chi connectivity index (χ1n) is 8.14. The lowest BCUT2D eigenvalue weighted by molar-refractivity contribution is -0.0199. The molecule has 0 saturated carbocycles. The van der Waals surface area contributed by atoms with Gasteiger partial charge in [0.05, 0.1) is 11.5 Å². The topological polar surface area (TPSA) is 85.5 Å². The van der Waals surface area contributed by atoms with Gasteiger partial charge < -0.3 is 9.26 Å². The highest BCUT2D eigenvalue weighted by molar-refractivity contribution is 7.89. The van der Waals surface area contributed by atoms with Crippen LogP contribution in [0.3, 0.4) is 0 Å². The monoisotopic (exact) mass is 391 g/mol. The number of morpholine rings is 1. The summed E-state index contributed by atoms with van der Waals surface area (Å²) in [5.74, 6) is 0.874. The van der Waals surface area contributed by atoms with Gasteiger partial charge in [-0.2, -0.15) is 9.29 Å². The molecule has 2 aromatic heterocycles. The van der Waals surface area contributed by atoms with Crippen molar-refractivity contribution in [2.75, 3.05) is 19.7 Å². The van der Waals surface area contributed by atoms with E-state index in [2.05, 4.69) is 10.1 Å². The maximum absolute atomic E-state index is 12.8. The van der Waals surface area contributed by atoms with Gasteiger partial charge in [0.25, 0.3) is 5.89 Å². The number of sulfonamides is 1. The third-order valence-electron chi connectivity index (χ3n) is 4.08. The molecule has 3 aromatic rings. The number of benzene rings is 1. The van der Waals surface area contributed by atoms with Crippen LogP contribution in [0.15, 0.2) is 57.3 Å². The van der Waals surface area contributed by atoms with Crippen LogP contribution in [0, 0.1) is 0 Å². The highest BCUT2D eigenvalue weighted by atomic mass is 32.2. The molecule has 9 heteroatoms. The van der Waals surface area contributed by atoms with Crippen LogP contribution in [-0.4, -0.2) is 42.6 Å². The predicted molar refractivity (Wildman–Crippen MR) is 95.3 cm³/mol. The lowest BCUT2D eigenvalue weighted by Gasteiger charge is -2.30. The number of nitrogens with zero attached hydrogens (tertiary/aromatic N) is 3. The SMILES string of the molecule is O=S(=O)(c1ccccc1)N1CCO[C@@H](c2nc(Cc3cccs3)no2)C1. The minimum Gasteiger partial charge on any atom is -0.366 e. The average molecular weight is 391 g/mol. The van der Waals surface area contributed by atoms with Crippen molar-refractivity contribution in [2.24, 2.45) is 0 Å². The fraction of sp³-hybridized carbons (Fsp3) is 0.294. The summed E-state index contributed by atoms with van der Waals surface area (Å²) < 4.78 is 38.0. The van der Waals surface area contributed by atoms with Gasteiger partial charge in [-0.25, -0.2) is 8.42 Å². The van der Waals surface area contributed by atoms with Crippen molar-refractivity contribution in [3.05, 3.63) is 64.4 Å². The maximum atomic E-state index is 12.8. The zero-order valence-corrected chi connectivity index (χ0v) is 15.4. The number of hydrogen-bond acceptors (Lipinski definition) is 7. The molecule has 1 fully saturated rings. The Labute approximate surface area is 155 Å². The van der Waals surface area contributed by atoms with E-state index in [0.717, 1.165) is 4.88 Å². The number of ether oxygens (including phenoxy) is 1. The fourth-order valence-electron chi connectivity index (χ4n) is 2.77. The molecule has 1 saturated heterocycles. The molecule has 0 amide bonds. The van der Waals surface area contributed by atoms with Crippen molar-refractivity contribution in [1.82, 2.24) is 14.4 Å². The molecule has 1 aliphatic rings. The molecule has 0 N–H and O–H groups in total. The van der Waals surface area contributed by atoms with Crippen LogP contribution in [-0.2, 0) is 21.2 Å². The second-order valence-corrected chi connectivity index (χ2v) is 8.81. The highest BCUT2D eigenvalue weighted by Gasteiger charge is 2.34. The summed E-state index contributed by atoms with van der Waals surface area (Å²) in [6.45, 7) is 0.723. The Bertz CT molecular complexity index is 955. The normalized spacial score (nSPS) is 18.8. The Morgan fingerprint density at radius 3 is 2.81 bits per heavy atom. The van der Waals surface area contributed by atoms with Crippen molar-refractivity contribution in [1.29, 1.82) is 0 Å². The van der Waals surface area contributed by atoms with Crippen molar-refractivity contribution in [2.45, 2.75) is 17.4 Å². The average Bonchev–Trinajstić information content (AvgIpc) is 3.35. The third-order valence-corrected chi connectivity index (χ3v) is 6.84. The molecule has 3 heterocycles. The Hall–Kier alpha value is -2.07. The van der Waals surface area contributed by atoms with Gasteiger partial charge in [-0.05, 0) is 23.6 Å². The quantitative estimate of drug-likeness (QED) is 0.664. The molecule has 136 valence electrons. The van der Waals surface area contributed by atoms with Crippen LogP contribution >= 0.6 is 11.3 Å². The first-order chi connectivity index (χ1) is 12.6. The van der Waals surface area contributed by atoms with E-state index < -0.39 is 16.1 Å². The molecule has 1 atom stereocenters. The second-order valence-electron chi connectivity index (χ2n) is 5.84. The van der Waals surface area contributed by atoms with E-state index in [9.17, 15) is 8.42 Å². The molecule has 0 radical (unpaired) electrons. The number of rotatable bonds is 5. The van der Waals surface area contributed by atoms with Crippen molar-refractivity contribution in [3.8, 4) is 0 Å². The zero-order valence-electron chi connectivity index (χ0n) is 13.8. The van der Waals surface area contributed by atoms with Crippen LogP contribution in [0.5, 0.6) is 0 Å². The zero-order chi connectivity index (χ0) is 18.0. The van der Waals surface area contributed by atoms with E-state index in [1.54, 1.807) is 41.7 Å². The Balaban J connectivity index is 1.50. The lowest BCUT2D eigenvalue weighted by Crippen LogP contribution is -2.42. The molecule has 1 aliphatic heterocycles. The predicted octanol–water partition coefficient (Wildman–Crippen LogP) is 2.48. The molecule has 0 bridgehead atoms. The van der Waals surface area contributed by atoms with Gasteiger partial charge in [0.1, 0.15) is 0 Å². The summed E-state index contributed by atoms with van der Waals surface area (Å²) in [6, 6.07) is 12.4. The maximum Gasteiger partial charge on any atom is 0.257 e. The molecule has 7 nitrogen and oxygen atoms in total. The van der Waals surface area contributed by atoms with E-state index in [0.29, 0.717) is 24.7 Å². The first kappa shape index (κ1) is 17.3. The van der Waals surface area contributed by atoms with Crippen molar-refractivity contribution < 1.29 is 17.7 Å². The number of hydrogen-bond donors (Lipinski definition) is 0. The summed E-state index contributed by atoms with van der Waals surface area (Å²) in [7, 11) is -3.57. The van der Waals surface area contributed by atoms with Crippen molar-refractivity contribution >= 4 is 21.4 Å². The summed E-state index contributed by atoms with van der Waals surface area (Å²) >= 11 is 1.62. The molecular weight excluding hydrogens is 374 g/mol. The minimum atomic E-state index is -3.57. The summed E-state index contributed by atoms with van der Waals surface area (Å²) in [6.07, 6.45) is 0.0201. The van der Waals surface area contributed by atoms with Gasteiger partial charge in [0, 0.05) is 24.4 Å². The Morgan fingerprint density at radius 2 is 2.04 bits per heavy atom. The molecule has 26 heavy (non-hydrogen) atoms. The number of thiophene rings is 1. The minimum absolute atomic E-state index is 0.151.